The van der Waals surface area contributed by atoms with E-state index in [2.05, 4.69) is 34.5 Å². The number of anilines is 1. The van der Waals surface area contributed by atoms with Gasteiger partial charge in [0.25, 0.3) is 0 Å². The van der Waals surface area contributed by atoms with Crippen LogP contribution in [0, 0.1) is 5.92 Å². The van der Waals surface area contributed by atoms with Crippen molar-refractivity contribution >= 4 is 29.1 Å². The lowest BCUT2D eigenvalue weighted by molar-refractivity contribution is -0.132. The number of hydrogen-bond acceptors (Lipinski definition) is 3. The number of carbonyl (C=O) groups excluding carboxylic acids is 2. The second-order valence-electron chi connectivity index (χ2n) is 9.07. The van der Waals surface area contributed by atoms with Crippen molar-refractivity contribution in [3.8, 4) is 0 Å². The Balaban J connectivity index is 1.23. The first-order valence-electron chi connectivity index (χ1n) is 11.6. The number of piperazine rings is 1. The summed E-state index contributed by atoms with van der Waals surface area (Å²) < 4.78 is 0. The van der Waals surface area contributed by atoms with Crippen LogP contribution >= 0.6 is 11.6 Å². The molecule has 2 aliphatic rings. The first-order chi connectivity index (χ1) is 15.5. The zero-order chi connectivity index (χ0) is 22.5. The topological polar surface area (TPSA) is 52.7 Å². The van der Waals surface area contributed by atoms with E-state index in [0.717, 1.165) is 43.1 Å². The van der Waals surface area contributed by atoms with Crippen LogP contribution in [0.25, 0.3) is 0 Å². The Morgan fingerprint density at radius 2 is 1.84 bits per heavy atom. The fourth-order valence-corrected chi connectivity index (χ4v) is 5.04. The highest BCUT2D eigenvalue weighted by Crippen LogP contribution is 2.29. The maximum Gasteiger partial charge on any atom is 0.222 e. The van der Waals surface area contributed by atoms with Crippen molar-refractivity contribution in [2.24, 2.45) is 5.92 Å². The highest BCUT2D eigenvalue weighted by molar-refractivity contribution is 6.30. The van der Waals surface area contributed by atoms with Gasteiger partial charge in [0.15, 0.2) is 0 Å². The van der Waals surface area contributed by atoms with Gasteiger partial charge < -0.3 is 15.1 Å². The molecule has 6 heteroatoms. The van der Waals surface area contributed by atoms with E-state index in [1.54, 1.807) is 0 Å². The second-order valence-corrected chi connectivity index (χ2v) is 9.51. The summed E-state index contributed by atoms with van der Waals surface area (Å²) in [6.45, 7) is 4.98. The number of nitrogens with zero attached hydrogens (tertiary/aromatic N) is 2. The van der Waals surface area contributed by atoms with Gasteiger partial charge in [-0.05, 0) is 54.5 Å². The molecule has 1 aliphatic heterocycles. The lowest BCUT2D eigenvalue weighted by Gasteiger charge is -2.36. The normalized spacial score (nSPS) is 19.2. The molecule has 2 atom stereocenters. The smallest absolute Gasteiger partial charge is 0.222 e. The third-order valence-corrected chi connectivity index (χ3v) is 6.80. The monoisotopic (exact) mass is 453 g/mol. The van der Waals surface area contributed by atoms with E-state index in [1.165, 1.54) is 11.1 Å². The summed E-state index contributed by atoms with van der Waals surface area (Å²) in [6, 6.07) is 16.3. The lowest BCUT2D eigenvalue weighted by atomic mass is 9.87. The first-order valence-corrected chi connectivity index (χ1v) is 12.0. The molecule has 0 radical (unpaired) electrons. The molecule has 1 N–H and O–H groups in total. The molecule has 1 aliphatic carbocycles. The Morgan fingerprint density at radius 1 is 1.06 bits per heavy atom. The molecule has 1 heterocycles. The molecule has 2 amide bonds. The molecular formula is C26H32ClN3O2. The van der Waals surface area contributed by atoms with Gasteiger partial charge in [0.2, 0.25) is 11.8 Å². The molecule has 2 aromatic carbocycles. The molecule has 0 spiro atoms. The Bertz CT molecular complexity index is 956. The molecule has 5 nitrogen and oxygen atoms in total. The highest BCUT2D eigenvalue weighted by atomic mass is 35.5. The van der Waals surface area contributed by atoms with Crippen molar-refractivity contribution < 1.29 is 9.59 Å². The van der Waals surface area contributed by atoms with Gasteiger partial charge in [-0.2, -0.15) is 0 Å². The summed E-state index contributed by atoms with van der Waals surface area (Å²) in [5.41, 5.74) is 3.68. The molecule has 1 saturated heterocycles. The minimum Gasteiger partial charge on any atom is -0.368 e. The number of hydrogen-bond donors (Lipinski definition) is 1. The molecule has 0 saturated carbocycles. The van der Waals surface area contributed by atoms with Crippen LogP contribution in [0.2, 0.25) is 5.02 Å². The van der Waals surface area contributed by atoms with Crippen LogP contribution in [0.4, 0.5) is 5.69 Å². The molecular weight excluding hydrogens is 422 g/mol. The van der Waals surface area contributed by atoms with Crippen molar-refractivity contribution in [1.82, 2.24) is 10.2 Å². The van der Waals surface area contributed by atoms with Crippen molar-refractivity contribution in [3.63, 3.8) is 0 Å². The molecule has 2 aromatic rings. The summed E-state index contributed by atoms with van der Waals surface area (Å²) in [7, 11) is 0. The largest absolute Gasteiger partial charge is 0.368 e. The third-order valence-electron chi connectivity index (χ3n) is 6.57. The first kappa shape index (κ1) is 22.7. The number of aryl methyl sites for hydroxylation is 1. The minimum absolute atomic E-state index is 0.0206. The van der Waals surface area contributed by atoms with Gasteiger partial charge in [0.1, 0.15) is 0 Å². The number of carbonyl (C=O) groups is 2. The Labute approximate surface area is 195 Å². The van der Waals surface area contributed by atoms with E-state index >= 15 is 0 Å². The fourth-order valence-electron chi connectivity index (χ4n) is 4.86. The number of benzene rings is 2. The molecule has 4 rings (SSSR count). The van der Waals surface area contributed by atoms with Crippen LogP contribution < -0.4 is 10.2 Å². The van der Waals surface area contributed by atoms with Crippen LogP contribution in [0.1, 0.15) is 49.8 Å². The summed E-state index contributed by atoms with van der Waals surface area (Å²) >= 11 is 6.10. The van der Waals surface area contributed by atoms with E-state index in [9.17, 15) is 9.59 Å². The molecule has 2 unspecified atom stereocenters. The average molecular weight is 454 g/mol. The number of fused-ring (bicyclic) bond motifs is 1. The van der Waals surface area contributed by atoms with Crippen LogP contribution in [0.5, 0.6) is 0 Å². The van der Waals surface area contributed by atoms with Crippen molar-refractivity contribution in [2.75, 3.05) is 31.1 Å². The second kappa shape index (κ2) is 10.4. The van der Waals surface area contributed by atoms with E-state index in [-0.39, 0.29) is 23.8 Å². The Morgan fingerprint density at radius 3 is 2.62 bits per heavy atom. The van der Waals surface area contributed by atoms with Gasteiger partial charge in [-0.15, -0.1) is 0 Å². The van der Waals surface area contributed by atoms with Gasteiger partial charge in [-0.3, -0.25) is 9.59 Å². The lowest BCUT2D eigenvalue weighted by Crippen LogP contribution is -2.49. The van der Waals surface area contributed by atoms with Gasteiger partial charge >= 0.3 is 0 Å². The Kier molecular flexibility index (Phi) is 7.36. The highest BCUT2D eigenvalue weighted by Gasteiger charge is 2.25. The van der Waals surface area contributed by atoms with Gasteiger partial charge in [-0.1, -0.05) is 48.9 Å². The molecule has 1 fully saturated rings. The number of rotatable bonds is 6. The van der Waals surface area contributed by atoms with E-state index in [1.807, 2.05) is 36.1 Å². The number of halogens is 1. The van der Waals surface area contributed by atoms with Crippen LogP contribution in [-0.4, -0.2) is 42.9 Å². The maximum atomic E-state index is 12.8. The third kappa shape index (κ3) is 5.63. The molecule has 32 heavy (non-hydrogen) atoms. The minimum atomic E-state index is 0.0206. The van der Waals surface area contributed by atoms with Crippen molar-refractivity contribution in [3.05, 3.63) is 64.7 Å². The summed E-state index contributed by atoms with van der Waals surface area (Å²) in [5.74, 6) is 0.198. The van der Waals surface area contributed by atoms with E-state index in [0.29, 0.717) is 25.9 Å². The predicted octanol–water partition coefficient (Wildman–Crippen LogP) is 4.60. The quantitative estimate of drug-likeness (QED) is 0.695. The van der Waals surface area contributed by atoms with Gasteiger partial charge in [-0.25, -0.2) is 0 Å². The SMILES string of the molecule is CC(CC(=O)NC1CCCc2ccccc21)CC(=O)N1CCN(c2cccc(Cl)c2)CC1. The zero-order valence-electron chi connectivity index (χ0n) is 18.7. The molecule has 170 valence electrons. The van der Waals surface area contributed by atoms with Crippen LogP contribution in [0.3, 0.4) is 0 Å². The molecule has 0 bridgehead atoms. The summed E-state index contributed by atoms with van der Waals surface area (Å²) in [4.78, 5) is 29.6. The predicted molar refractivity (Wildman–Crippen MR) is 129 cm³/mol. The number of amides is 2. The van der Waals surface area contributed by atoms with Gasteiger partial charge in [0, 0.05) is 49.7 Å². The molecule has 0 aromatic heterocycles. The van der Waals surface area contributed by atoms with E-state index < -0.39 is 0 Å². The van der Waals surface area contributed by atoms with Gasteiger partial charge in [0.05, 0.1) is 6.04 Å². The average Bonchev–Trinajstić information content (AvgIpc) is 2.79. The zero-order valence-corrected chi connectivity index (χ0v) is 19.5. The standard InChI is InChI=1S/C26H32ClN3O2/c1-19(16-25(31)28-24-11-4-7-20-6-2-3-10-23(20)24)17-26(32)30-14-12-29(13-15-30)22-9-5-8-21(27)18-22/h2-3,5-6,8-10,18-19,24H,4,7,11-17H2,1H3,(H,28,31). The van der Waals surface area contributed by atoms with Crippen molar-refractivity contribution in [2.45, 2.75) is 45.1 Å². The summed E-state index contributed by atoms with van der Waals surface area (Å²) in [5, 5.41) is 3.93. The fraction of sp³-hybridized carbons (Fsp3) is 0.462. The summed E-state index contributed by atoms with van der Waals surface area (Å²) in [6.07, 6.45) is 3.95. The van der Waals surface area contributed by atoms with Crippen LogP contribution in [0.15, 0.2) is 48.5 Å². The maximum absolute atomic E-state index is 12.8. The Hall–Kier alpha value is -2.53. The number of nitrogens with one attached hydrogen (secondary N) is 1. The van der Waals surface area contributed by atoms with Crippen molar-refractivity contribution in [1.29, 1.82) is 0 Å². The van der Waals surface area contributed by atoms with Crippen LogP contribution in [-0.2, 0) is 16.0 Å². The van der Waals surface area contributed by atoms with E-state index in [4.69, 9.17) is 11.6 Å².